The van der Waals surface area contributed by atoms with E-state index in [2.05, 4.69) is 30.5 Å². The first kappa shape index (κ1) is 18.0. The molecule has 0 aromatic carbocycles. The summed E-state index contributed by atoms with van der Waals surface area (Å²) < 4.78 is 32.9. The van der Waals surface area contributed by atoms with Gasteiger partial charge in [0.25, 0.3) is 10.2 Å². The Morgan fingerprint density at radius 3 is 2.62 bits per heavy atom. The van der Waals surface area contributed by atoms with Gasteiger partial charge in [-0.15, -0.1) is 0 Å². The number of aromatic nitrogens is 1. The van der Waals surface area contributed by atoms with Crippen LogP contribution in [0.5, 0.6) is 0 Å². The molecule has 0 saturated carbocycles. The Bertz CT molecular complexity index is 553. The van der Waals surface area contributed by atoms with E-state index < -0.39 is 10.2 Å². The monoisotopic (exact) mass is 315 g/mol. The van der Waals surface area contributed by atoms with E-state index in [0.717, 1.165) is 11.3 Å². The lowest BCUT2D eigenvalue weighted by Gasteiger charge is -2.23. The number of rotatable bonds is 7. The zero-order chi connectivity index (χ0) is 16.1. The zero-order valence-electron chi connectivity index (χ0n) is 13.4. The van der Waals surface area contributed by atoms with Gasteiger partial charge in [-0.2, -0.15) is 17.4 Å². The van der Waals surface area contributed by atoms with Crippen molar-refractivity contribution in [3.63, 3.8) is 0 Å². The Labute approximate surface area is 127 Å². The maximum absolute atomic E-state index is 12.1. The number of hydrogen-bond acceptors (Lipinski definition) is 4. The Morgan fingerprint density at radius 2 is 2.05 bits per heavy atom. The van der Waals surface area contributed by atoms with E-state index in [1.165, 1.54) is 18.5 Å². The normalized spacial score (nSPS) is 12.9. The summed E-state index contributed by atoms with van der Waals surface area (Å²) in [5.74, 6) is 0. The number of nitrogens with one attached hydrogen (secondary N) is 1. The number of likely N-dealkylation sites (N-methyl/N-ethyl adjacent to an activating group) is 1. The van der Waals surface area contributed by atoms with E-state index in [9.17, 15) is 8.42 Å². The fourth-order valence-corrected chi connectivity index (χ4v) is 2.73. The summed E-state index contributed by atoms with van der Waals surface area (Å²) in [7, 11) is -0.472. The van der Waals surface area contributed by atoms with Crippen LogP contribution in [0.15, 0.2) is 18.3 Å². The molecular weight excluding hydrogens is 290 g/mol. The molecule has 7 heteroatoms. The minimum absolute atomic E-state index is 0.0863. The zero-order valence-corrected chi connectivity index (χ0v) is 14.2. The van der Waals surface area contributed by atoms with Crippen molar-refractivity contribution in [2.45, 2.75) is 32.7 Å². The van der Waals surface area contributed by atoms with Crippen molar-refractivity contribution in [2.75, 3.05) is 27.3 Å². The summed E-state index contributed by atoms with van der Waals surface area (Å²) in [6.07, 6.45) is 1.67. The van der Waals surface area contributed by atoms with Crippen molar-refractivity contribution in [1.82, 2.24) is 14.0 Å². The average molecular weight is 315 g/mol. The standard InChI is InChI=1S/C14H25N3O3S/c1-14(2,3)12-7-6-8-15-13(12)11-16-21(18,19)17(4)9-10-20-5/h6-8,16H,9-11H2,1-5H3. The minimum atomic E-state index is -3.53. The first-order chi connectivity index (χ1) is 9.68. The van der Waals surface area contributed by atoms with Crippen molar-refractivity contribution in [2.24, 2.45) is 0 Å². The fraction of sp³-hybridized carbons (Fsp3) is 0.643. The van der Waals surface area contributed by atoms with Gasteiger partial charge in [-0.3, -0.25) is 4.98 Å². The lowest BCUT2D eigenvalue weighted by Crippen LogP contribution is -2.39. The molecule has 0 spiro atoms. The molecule has 0 aliphatic carbocycles. The second-order valence-electron chi connectivity index (χ2n) is 5.89. The van der Waals surface area contributed by atoms with E-state index in [4.69, 9.17) is 4.74 Å². The summed E-state index contributed by atoms with van der Waals surface area (Å²) in [5.41, 5.74) is 1.69. The maximum Gasteiger partial charge on any atom is 0.279 e. The topological polar surface area (TPSA) is 71.5 Å². The van der Waals surface area contributed by atoms with Crippen LogP contribution in [-0.2, 0) is 26.9 Å². The van der Waals surface area contributed by atoms with Gasteiger partial charge in [0.1, 0.15) is 0 Å². The van der Waals surface area contributed by atoms with Gasteiger partial charge in [0, 0.05) is 26.9 Å². The molecule has 0 saturated heterocycles. The summed E-state index contributed by atoms with van der Waals surface area (Å²) in [5, 5.41) is 0. The van der Waals surface area contributed by atoms with Crippen LogP contribution in [-0.4, -0.2) is 45.0 Å². The molecule has 0 atom stereocenters. The van der Waals surface area contributed by atoms with Crippen LogP contribution in [0.2, 0.25) is 0 Å². The molecule has 120 valence electrons. The summed E-state index contributed by atoms with van der Waals surface area (Å²) in [4.78, 5) is 4.30. The minimum Gasteiger partial charge on any atom is -0.383 e. The predicted molar refractivity (Wildman–Crippen MR) is 83.2 cm³/mol. The van der Waals surface area contributed by atoms with Gasteiger partial charge >= 0.3 is 0 Å². The highest BCUT2D eigenvalue weighted by Gasteiger charge is 2.21. The van der Waals surface area contributed by atoms with Crippen LogP contribution < -0.4 is 4.72 Å². The Morgan fingerprint density at radius 1 is 1.38 bits per heavy atom. The Hall–Kier alpha value is -1.02. The SMILES string of the molecule is COCCN(C)S(=O)(=O)NCc1ncccc1C(C)(C)C. The summed E-state index contributed by atoms with van der Waals surface area (Å²) in [6, 6.07) is 3.84. The van der Waals surface area contributed by atoms with E-state index in [-0.39, 0.29) is 12.0 Å². The van der Waals surface area contributed by atoms with Crippen molar-refractivity contribution >= 4 is 10.2 Å². The smallest absolute Gasteiger partial charge is 0.279 e. The number of nitrogens with zero attached hydrogens (tertiary/aromatic N) is 2. The Kier molecular flexibility index (Phi) is 6.27. The van der Waals surface area contributed by atoms with Crippen LogP contribution >= 0.6 is 0 Å². The highest BCUT2D eigenvalue weighted by Crippen LogP contribution is 2.24. The second kappa shape index (κ2) is 7.31. The summed E-state index contributed by atoms with van der Waals surface area (Å²) >= 11 is 0. The molecule has 0 bridgehead atoms. The van der Waals surface area contributed by atoms with E-state index in [0.29, 0.717) is 13.2 Å². The van der Waals surface area contributed by atoms with Gasteiger partial charge in [-0.1, -0.05) is 26.8 Å². The van der Waals surface area contributed by atoms with Gasteiger partial charge in [0.05, 0.1) is 18.8 Å². The predicted octanol–water partition coefficient (Wildman–Crippen LogP) is 1.29. The molecule has 1 aromatic rings. The van der Waals surface area contributed by atoms with Crippen molar-refractivity contribution in [3.05, 3.63) is 29.6 Å². The maximum atomic E-state index is 12.1. The molecule has 0 aliphatic rings. The number of pyridine rings is 1. The fourth-order valence-electron chi connectivity index (χ4n) is 1.87. The van der Waals surface area contributed by atoms with Crippen LogP contribution in [0.4, 0.5) is 0 Å². The first-order valence-corrected chi connectivity index (χ1v) is 8.26. The number of ether oxygens (including phenoxy) is 1. The highest BCUT2D eigenvalue weighted by atomic mass is 32.2. The van der Waals surface area contributed by atoms with Gasteiger partial charge in [-0.05, 0) is 17.0 Å². The van der Waals surface area contributed by atoms with E-state index in [1.807, 2.05) is 12.1 Å². The molecule has 0 amide bonds. The quantitative estimate of drug-likeness (QED) is 0.823. The lowest BCUT2D eigenvalue weighted by molar-refractivity contribution is 0.184. The molecule has 0 unspecified atom stereocenters. The van der Waals surface area contributed by atoms with E-state index in [1.54, 1.807) is 6.20 Å². The van der Waals surface area contributed by atoms with Crippen LogP contribution in [0, 0.1) is 0 Å². The average Bonchev–Trinajstić information content (AvgIpc) is 2.41. The van der Waals surface area contributed by atoms with Crippen LogP contribution in [0.25, 0.3) is 0 Å². The third kappa shape index (κ3) is 5.35. The molecule has 1 heterocycles. The highest BCUT2D eigenvalue weighted by molar-refractivity contribution is 7.87. The van der Waals surface area contributed by atoms with Crippen molar-refractivity contribution in [3.8, 4) is 0 Å². The Balaban J connectivity index is 2.80. The van der Waals surface area contributed by atoms with Gasteiger partial charge in [0.2, 0.25) is 0 Å². The molecule has 0 fully saturated rings. The van der Waals surface area contributed by atoms with Gasteiger partial charge < -0.3 is 4.74 Å². The van der Waals surface area contributed by atoms with Crippen molar-refractivity contribution in [1.29, 1.82) is 0 Å². The molecule has 21 heavy (non-hydrogen) atoms. The van der Waals surface area contributed by atoms with Gasteiger partial charge in [0.15, 0.2) is 0 Å². The first-order valence-electron chi connectivity index (χ1n) is 6.82. The summed E-state index contributed by atoms with van der Waals surface area (Å²) in [6.45, 7) is 7.06. The lowest BCUT2D eigenvalue weighted by atomic mass is 9.86. The largest absolute Gasteiger partial charge is 0.383 e. The molecule has 1 rings (SSSR count). The molecule has 1 aromatic heterocycles. The third-order valence-electron chi connectivity index (χ3n) is 3.14. The molecule has 0 radical (unpaired) electrons. The van der Waals surface area contributed by atoms with E-state index >= 15 is 0 Å². The second-order valence-corrected chi connectivity index (χ2v) is 7.75. The van der Waals surface area contributed by atoms with Crippen molar-refractivity contribution < 1.29 is 13.2 Å². The molecule has 1 N–H and O–H groups in total. The third-order valence-corrected chi connectivity index (χ3v) is 4.65. The number of hydrogen-bond donors (Lipinski definition) is 1. The molecule has 6 nitrogen and oxygen atoms in total. The number of methoxy groups -OCH3 is 1. The molecular formula is C14H25N3O3S. The van der Waals surface area contributed by atoms with Crippen LogP contribution in [0.3, 0.4) is 0 Å². The van der Waals surface area contributed by atoms with Gasteiger partial charge in [-0.25, -0.2) is 0 Å². The molecule has 0 aliphatic heterocycles. The van der Waals surface area contributed by atoms with Crippen LogP contribution in [0.1, 0.15) is 32.0 Å².